The number of aryl methyl sites for hydroxylation is 2. The van der Waals surface area contributed by atoms with E-state index in [1.54, 1.807) is 7.11 Å². The van der Waals surface area contributed by atoms with E-state index >= 15 is 0 Å². The lowest BCUT2D eigenvalue weighted by atomic mass is 10.1. The van der Waals surface area contributed by atoms with E-state index in [1.165, 1.54) is 5.56 Å². The van der Waals surface area contributed by atoms with Crippen molar-refractivity contribution in [3.05, 3.63) is 53.6 Å². The van der Waals surface area contributed by atoms with Gasteiger partial charge in [-0.05, 0) is 44.5 Å². The number of carbonyl (C=O) groups is 1. The second-order valence-electron chi connectivity index (χ2n) is 5.37. The summed E-state index contributed by atoms with van der Waals surface area (Å²) in [7, 11) is 1.59. The summed E-state index contributed by atoms with van der Waals surface area (Å²) in [5.74, 6) is 0.541. The van der Waals surface area contributed by atoms with Crippen LogP contribution in [0.5, 0.6) is 5.75 Å². The minimum absolute atomic E-state index is 0.107. The smallest absolute Gasteiger partial charge is 0.246 e. The Morgan fingerprint density at radius 2 is 1.82 bits per heavy atom. The molecule has 1 unspecified atom stereocenters. The van der Waals surface area contributed by atoms with E-state index in [0.29, 0.717) is 11.4 Å². The molecule has 0 heterocycles. The molecule has 4 nitrogen and oxygen atoms in total. The van der Waals surface area contributed by atoms with Gasteiger partial charge < -0.3 is 15.4 Å². The number of para-hydroxylation sites is 2. The van der Waals surface area contributed by atoms with Crippen molar-refractivity contribution in [3.8, 4) is 5.75 Å². The summed E-state index contributed by atoms with van der Waals surface area (Å²) in [6, 6.07) is 13.1. The van der Waals surface area contributed by atoms with Crippen LogP contribution in [-0.2, 0) is 4.79 Å². The number of nitrogens with one attached hydrogen (secondary N) is 2. The van der Waals surface area contributed by atoms with Crippen LogP contribution in [0, 0.1) is 13.8 Å². The highest BCUT2D eigenvalue weighted by atomic mass is 16.5. The minimum Gasteiger partial charge on any atom is -0.495 e. The Morgan fingerprint density at radius 3 is 2.50 bits per heavy atom. The van der Waals surface area contributed by atoms with Crippen molar-refractivity contribution in [2.75, 3.05) is 17.7 Å². The SMILES string of the molecule is COc1ccccc1NC(=O)C(C)Nc1ccc(C)cc1C. The maximum Gasteiger partial charge on any atom is 0.246 e. The van der Waals surface area contributed by atoms with Gasteiger partial charge in [-0.25, -0.2) is 0 Å². The van der Waals surface area contributed by atoms with Crippen LogP contribution in [0.15, 0.2) is 42.5 Å². The van der Waals surface area contributed by atoms with E-state index < -0.39 is 0 Å². The number of anilines is 2. The number of methoxy groups -OCH3 is 1. The fraction of sp³-hybridized carbons (Fsp3) is 0.278. The van der Waals surface area contributed by atoms with E-state index in [9.17, 15) is 4.79 Å². The number of ether oxygens (including phenoxy) is 1. The molecule has 0 radical (unpaired) electrons. The lowest BCUT2D eigenvalue weighted by Crippen LogP contribution is -2.32. The Morgan fingerprint density at radius 1 is 1.09 bits per heavy atom. The zero-order valence-corrected chi connectivity index (χ0v) is 13.4. The van der Waals surface area contributed by atoms with Crippen molar-refractivity contribution in [1.29, 1.82) is 0 Å². The summed E-state index contributed by atoms with van der Waals surface area (Å²) >= 11 is 0. The molecule has 1 amide bonds. The molecule has 0 fully saturated rings. The topological polar surface area (TPSA) is 50.4 Å². The summed E-state index contributed by atoms with van der Waals surface area (Å²) in [5.41, 5.74) is 3.96. The number of hydrogen-bond donors (Lipinski definition) is 2. The first kappa shape index (κ1) is 15.9. The molecule has 0 aliphatic heterocycles. The van der Waals surface area contributed by atoms with Crippen LogP contribution in [0.25, 0.3) is 0 Å². The van der Waals surface area contributed by atoms with Gasteiger partial charge in [0.1, 0.15) is 11.8 Å². The normalized spacial score (nSPS) is 11.6. The fourth-order valence-corrected chi connectivity index (χ4v) is 2.26. The monoisotopic (exact) mass is 298 g/mol. The Labute approximate surface area is 131 Å². The molecule has 0 aromatic heterocycles. The highest BCUT2D eigenvalue weighted by Gasteiger charge is 2.15. The van der Waals surface area contributed by atoms with Gasteiger partial charge in [0.15, 0.2) is 0 Å². The number of rotatable bonds is 5. The molecule has 116 valence electrons. The summed E-state index contributed by atoms with van der Waals surface area (Å²) in [5, 5.41) is 6.13. The van der Waals surface area contributed by atoms with E-state index in [4.69, 9.17) is 4.74 Å². The van der Waals surface area contributed by atoms with Gasteiger partial charge in [-0.1, -0.05) is 29.8 Å². The predicted molar refractivity (Wildman–Crippen MR) is 90.6 cm³/mol. The van der Waals surface area contributed by atoms with Crippen LogP contribution in [-0.4, -0.2) is 19.1 Å². The molecule has 1 atom stereocenters. The third-order valence-corrected chi connectivity index (χ3v) is 3.51. The zero-order chi connectivity index (χ0) is 16.1. The number of amides is 1. The van der Waals surface area contributed by atoms with Crippen LogP contribution >= 0.6 is 0 Å². The van der Waals surface area contributed by atoms with E-state index in [2.05, 4.69) is 23.6 Å². The Kier molecular flexibility index (Phi) is 5.04. The van der Waals surface area contributed by atoms with Gasteiger partial charge in [-0.2, -0.15) is 0 Å². The second kappa shape index (κ2) is 6.98. The first-order chi connectivity index (χ1) is 10.5. The lowest BCUT2D eigenvalue weighted by Gasteiger charge is -2.18. The molecule has 0 aliphatic rings. The van der Waals surface area contributed by atoms with Gasteiger partial charge in [0.25, 0.3) is 0 Å². The van der Waals surface area contributed by atoms with Gasteiger partial charge in [0.2, 0.25) is 5.91 Å². The van der Waals surface area contributed by atoms with Gasteiger partial charge in [0, 0.05) is 5.69 Å². The molecule has 0 aliphatic carbocycles. The molecule has 0 spiro atoms. The molecule has 0 saturated carbocycles. The quantitative estimate of drug-likeness (QED) is 0.884. The standard InChI is InChI=1S/C18H22N2O2/c1-12-9-10-15(13(2)11-12)19-14(3)18(21)20-16-7-5-6-8-17(16)22-4/h5-11,14,19H,1-4H3,(H,20,21). The number of benzene rings is 2. The Bertz CT molecular complexity index is 668. The molecular formula is C18H22N2O2. The lowest BCUT2D eigenvalue weighted by molar-refractivity contribution is -0.116. The van der Waals surface area contributed by atoms with Crippen molar-refractivity contribution in [2.45, 2.75) is 26.8 Å². The first-order valence-corrected chi connectivity index (χ1v) is 7.29. The van der Waals surface area contributed by atoms with Crippen molar-refractivity contribution in [2.24, 2.45) is 0 Å². The van der Waals surface area contributed by atoms with E-state index in [0.717, 1.165) is 11.3 Å². The predicted octanol–water partition coefficient (Wildman–Crippen LogP) is 3.75. The summed E-state index contributed by atoms with van der Waals surface area (Å²) in [4.78, 5) is 12.3. The minimum atomic E-state index is -0.355. The largest absolute Gasteiger partial charge is 0.495 e. The molecule has 0 bridgehead atoms. The molecule has 2 aromatic rings. The highest BCUT2D eigenvalue weighted by molar-refractivity contribution is 5.97. The molecule has 2 aromatic carbocycles. The van der Waals surface area contributed by atoms with Crippen molar-refractivity contribution >= 4 is 17.3 Å². The average molecular weight is 298 g/mol. The molecule has 2 rings (SSSR count). The zero-order valence-electron chi connectivity index (χ0n) is 13.4. The first-order valence-electron chi connectivity index (χ1n) is 7.29. The fourth-order valence-electron chi connectivity index (χ4n) is 2.26. The number of carbonyl (C=O) groups excluding carboxylic acids is 1. The summed E-state index contributed by atoms with van der Waals surface area (Å²) in [6.45, 7) is 5.92. The molecule has 2 N–H and O–H groups in total. The summed E-state index contributed by atoms with van der Waals surface area (Å²) < 4.78 is 5.24. The van der Waals surface area contributed by atoms with E-state index in [-0.39, 0.29) is 11.9 Å². The van der Waals surface area contributed by atoms with Crippen LogP contribution in [0.4, 0.5) is 11.4 Å². The van der Waals surface area contributed by atoms with Gasteiger partial charge in [-0.3, -0.25) is 4.79 Å². The van der Waals surface area contributed by atoms with Crippen molar-refractivity contribution in [1.82, 2.24) is 0 Å². The highest BCUT2D eigenvalue weighted by Crippen LogP contribution is 2.23. The van der Waals surface area contributed by atoms with E-state index in [1.807, 2.05) is 50.2 Å². The van der Waals surface area contributed by atoms with Gasteiger partial charge >= 0.3 is 0 Å². The Balaban J connectivity index is 2.06. The Hall–Kier alpha value is -2.49. The van der Waals surface area contributed by atoms with Crippen LogP contribution in [0.3, 0.4) is 0 Å². The maximum atomic E-state index is 12.3. The summed E-state index contributed by atoms with van der Waals surface area (Å²) in [6.07, 6.45) is 0. The molecule has 22 heavy (non-hydrogen) atoms. The number of hydrogen-bond acceptors (Lipinski definition) is 3. The van der Waals surface area contributed by atoms with Crippen molar-refractivity contribution < 1.29 is 9.53 Å². The van der Waals surface area contributed by atoms with Crippen LogP contribution in [0.1, 0.15) is 18.1 Å². The van der Waals surface area contributed by atoms with Crippen LogP contribution in [0.2, 0.25) is 0 Å². The third kappa shape index (κ3) is 3.79. The molecule has 0 saturated heterocycles. The van der Waals surface area contributed by atoms with Crippen LogP contribution < -0.4 is 15.4 Å². The van der Waals surface area contributed by atoms with Gasteiger partial charge in [0.05, 0.1) is 12.8 Å². The van der Waals surface area contributed by atoms with Crippen molar-refractivity contribution in [3.63, 3.8) is 0 Å². The molecular weight excluding hydrogens is 276 g/mol. The second-order valence-corrected chi connectivity index (χ2v) is 5.37. The maximum absolute atomic E-state index is 12.3. The third-order valence-electron chi connectivity index (χ3n) is 3.51. The van der Waals surface area contributed by atoms with Gasteiger partial charge in [-0.15, -0.1) is 0 Å². The average Bonchev–Trinajstić information content (AvgIpc) is 2.50. The molecule has 4 heteroatoms.